The minimum atomic E-state index is -0.986. The van der Waals surface area contributed by atoms with Crippen LogP contribution in [0.1, 0.15) is 10.4 Å². The number of para-hydroxylation sites is 1. The summed E-state index contributed by atoms with van der Waals surface area (Å²) in [5.74, 6) is -0.418. The number of imidazole rings is 1. The molecule has 88 valence electrons. The molecule has 5 heteroatoms. The summed E-state index contributed by atoms with van der Waals surface area (Å²) < 4.78 is 0. The first kappa shape index (κ1) is 10.5. The van der Waals surface area contributed by atoms with Gasteiger partial charge in [0.05, 0.1) is 11.1 Å². The number of fused-ring (bicyclic) bond motifs is 1. The highest BCUT2D eigenvalue weighted by molar-refractivity contribution is 6.01. The third-order valence-electron chi connectivity index (χ3n) is 2.65. The van der Waals surface area contributed by atoms with E-state index in [1.807, 2.05) is 18.2 Å². The first-order valence-electron chi connectivity index (χ1n) is 5.39. The zero-order valence-corrected chi connectivity index (χ0v) is 9.29. The number of hydrogen-bond acceptors (Lipinski definition) is 3. The normalized spacial score (nSPS) is 10.7. The van der Waals surface area contributed by atoms with E-state index in [0.717, 1.165) is 0 Å². The summed E-state index contributed by atoms with van der Waals surface area (Å²) in [7, 11) is 0. The minimum absolute atomic E-state index is 0.186. The summed E-state index contributed by atoms with van der Waals surface area (Å²) in [6.45, 7) is 0. The lowest BCUT2D eigenvalue weighted by Gasteiger charge is -1.93. The molecule has 0 atom stereocenters. The Bertz CT molecular complexity index is 719. The molecule has 0 saturated carbocycles. The number of aromatic nitrogens is 3. The van der Waals surface area contributed by atoms with Gasteiger partial charge in [0.1, 0.15) is 11.2 Å². The Hall–Kier alpha value is -2.69. The van der Waals surface area contributed by atoms with Crippen LogP contribution in [0.2, 0.25) is 0 Å². The first-order chi connectivity index (χ1) is 8.75. The van der Waals surface area contributed by atoms with E-state index in [4.69, 9.17) is 5.11 Å². The van der Waals surface area contributed by atoms with Gasteiger partial charge in [0.25, 0.3) is 0 Å². The van der Waals surface area contributed by atoms with Crippen LogP contribution < -0.4 is 0 Å². The SMILES string of the molecule is O=C(O)c1cccc2[nH]c(-c3ccccn3)nc12. The van der Waals surface area contributed by atoms with Gasteiger partial charge in [-0.1, -0.05) is 12.1 Å². The maximum atomic E-state index is 11.1. The second-order valence-corrected chi connectivity index (χ2v) is 3.81. The second kappa shape index (κ2) is 3.96. The summed E-state index contributed by atoms with van der Waals surface area (Å²) in [6.07, 6.45) is 1.67. The number of hydrogen-bond donors (Lipinski definition) is 2. The Labute approximate surface area is 102 Å². The van der Waals surface area contributed by atoms with Gasteiger partial charge in [-0.15, -0.1) is 0 Å². The third kappa shape index (κ3) is 1.62. The monoisotopic (exact) mass is 239 g/mol. The summed E-state index contributed by atoms with van der Waals surface area (Å²) in [5, 5.41) is 9.09. The smallest absolute Gasteiger partial charge is 0.337 e. The van der Waals surface area contributed by atoms with Gasteiger partial charge in [-0.25, -0.2) is 9.78 Å². The maximum Gasteiger partial charge on any atom is 0.337 e. The van der Waals surface area contributed by atoms with Crippen molar-refractivity contribution < 1.29 is 9.90 Å². The third-order valence-corrected chi connectivity index (χ3v) is 2.65. The van der Waals surface area contributed by atoms with Gasteiger partial charge < -0.3 is 10.1 Å². The number of H-pyrrole nitrogens is 1. The second-order valence-electron chi connectivity index (χ2n) is 3.81. The lowest BCUT2D eigenvalue weighted by Crippen LogP contribution is -1.96. The molecule has 2 aromatic heterocycles. The molecule has 18 heavy (non-hydrogen) atoms. The molecule has 0 fully saturated rings. The minimum Gasteiger partial charge on any atom is -0.478 e. The molecule has 0 radical (unpaired) electrons. The average Bonchev–Trinajstić information content (AvgIpc) is 2.83. The molecule has 0 aliphatic heterocycles. The highest BCUT2D eigenvalue weighted by Gasteiger charge is 2.13. The molecule has 0 unspecified atom stereocenters. The van der Waals surface area contributed by atoms with E-state index in [0.29, 0.717) is 22.6 Å². The predicted octanol–water partition coefficient (Wildman–Crippen LogP) is 2.32. The molecule has 0 bridgehead atoms. The fourth-order valence-electron chi connectivity index (χ4n) is 1.83. The topological polar surface area (TPSA) is 78.9 Å². The number of aromatic amines is 1. The van der Waals surface area contributed by atoms with Crippen LogP contribution in [-0.2, 0) is 0 Å². The van der Waals surface area contributed by atoms with Crippen LogP contribution in [0.4, 0.5) is 0 Å². The van der Waals surface area contributed by atoms with Gasteiger partial charge in [-0.2, -0.15) is 0 Å². The molecule has 0 spiro atoms. The Morgan fingerprint density at radius 1 is 1.17 bits per heavy atom. The fourth-order valence-corrected chi connectivity index (χ4v) is 1.83. The lowest BCUT2D eigenvalue weighted by molar-refractivity contribution is 0.0699. The quantitative estimate of drug-likeness (QED) is 0.719. The molecule has 0 aliphatic rings. The maximum absolute atomic E-state index is 11.1. The van der Waals surface area contributed by atoms with Crippen molar-refractivity contribution in [3.63, 3.8) is 0 Å². The number of aromatic carboxylic acids is 1. The number of nitrogens with one attached hydrogen (secondary N) is 1. The molecule has 2 N–H and O–H groups in total. The Balaban J connectivity index is 2.23. The highest BCUT2D eigenvalue weighted by atomic mass is 16.4. The molecular formula is C13H9N3O2. The van der Waals surface area contributed by atoms with Crippen LogP contribution in [0.3, 0.4) is 0 Å². The molecule has 3 aromatic rings. The van der Waals surface area contributed by atoms with E-state index in [9.17, 15) is 4.79 Å². The number of carboxylic acid groups (broad SMARTS) is 1. The van der Waals surface area contributed by atoms with Gasteiger partial charge in [-0.3, -0.25) is 4.98 Å². The summed E-state index contributed by atoms with van der Waals surface area (Å²) in [4.78, 5) is 22.6. The van der Waals surface area contributed by atoms with Crippen molar-refractivity contribution >= 4 is 17.0 Å². The Morgan fingerprint density at radius 3 is 2.78 bits per heavy atom. The number of pyridine rings is 1. The lowest BCUT2D eigenvalue weighted by atomic mass is 10.2. The highest BCUT2D eigenvalue weighted by Crippen LogP contribution is 2.21. The molecule has 0 amide bonds. The molecule has 3 rings (SSSR count). The van der Waals surface area contributed by atoms with Gasteiger partial charge >= 0.3 is 5.97 Å². The van der Waals surface area contributed by atoms with Crippen molar-refractivity contribution in [1.82, 2.24) is 15.0 Å². The van der Waals surface area contributed by atoms with E-state index in [1.165, 1.54) is 6.07 Å². The van der Waals surface area contributed by atoms with E-state index in [-0.39, 0.29) is 5.56 Å². The van der Waals surface area contributed by atoms with E-state index in [1.54, 1.807) is 18.3 Å². The van der Waals surface area contributed by atoms with E-state index >= 15 is 0 Å². The van der Waals surface area contributed by atoms with Crippen LogP contribution in [0.25, 0.3) is 22.6 Å². The molecule has 0 aliphatic carbocycles. The summed E-state index contributed by atoms with van der Waals surface area (Å²) in [5.41, 5.74) is 2.01. The number of carboxylic acids is 1. The van der Waals surface area contributed by atoms with Gasteiger partial charge in [0.15, 0.2) is 5.82 Å². The number of benzene rings is 1. The molecule has 0 saturated heterocycles. The summed E-state index contributed by atoms with van der Waals surface area (Å²) >= 11 is 0. The number of carbonyl (C=O) groups is 1. The van der Waals surface area contributed by atoms with E-state index in [2.05, 4.69) is 15.0 Å². The van der Waals surface area contributed by atoms with Crippen molar-refractivity contribution in [3.05, 3.63) is 48.2 Å². The Kier molecular flexibility index (Phi) is 2.30. The Morgan fingerprint density at radius 2 is 2.06 bits per heavy atom. The van der Waals surface area contributed by atoms with Crippen LogP contribution in [0.15, 0.2) is 42.6 Å². The van der Waals surface area contributed by atoms with Gasteiger partial charge in [0, 0.05) is 6.20 Å². The van der Waals surface area contributed by atoms with E-state index < -0.39 is 5.97 Å². The number of rotatable bonds is 2. The van der Waals surface area contributed by atoms with Gasteiger partial charge in [0.2, 0.25) is 0 Å². The van der Waals surface area contributed by atoms with Crippen LogP contribution >= 0.6 is 0 Å². The largest absolute Gasteiger partial charge is 0.478 e. The van der Waals surface area contributed by atoms with Crippen molar-refractivity contribution in [3.8, 4) is 11.5 Å². The zero-order valence-electron chi connectivity index (χ0n) is 9.29. The van der Waals surface area contributed by atoms with Crippen LogP contribution in [-0.4, -0.2) is 26.0 Å². The van der Waals surface area contributed by atoms with Crippen LogP contribution in [0, 0.1) is 0 Å². The zero-order chi connectivity index (χ0) is 12.5. The molecule has 1 aromatic carbocycles. The van der Waals surface area contributed by atoms with Crippen molar-refractivity contribution in [1.29, 1.82) is 0 Å². The molecule has 5 nitrogen and oxygen atoms in total. The molecular weight excluding hydrogens is 230 g/mol. The van der Waals surface area contributed by atoms with Crippen molar-refractivity contribution in [2.24, 2.45) is 0 Å². The molecule has 2 heterocycles. The standard InChI is InChI=1S/C13H9N3O2/c17-13(18)8-4-3-6-9-11(8)16-12(15-9)10-5-1-2-7-14-10/h1-7H,(H,15,16)(H,17,18). The van der Waals surface area contributed by atoms with Crippen molar-refractivity contribution in [2.75, 3.05) is 0 Å². The number of nitrogens with zero attached hydrogens (tertiary/aromatic N) is 2. The fraction of sp³-hybridized carbons (Fsp3) is 0. The van der Waals surface area contributed by atoms with Crippen LogP contribution in [0.5, 0.6) is 0 Å². The predicted molar refractivity (Wildman–Crippen MR) is 66.3 cm³/mol. The first-order valence-corrected chi connectivity index (χ1v) is 5.39. The average molecular weight is 239 g/mol. The summed E-state index contributed by atoms with van der Waals surface area (Å²) in [6, 6.07) is 10.5. The van der Waals surface area contributed by atoms with Gasteiger partial charge in [-0.05, 0) is 24.3 Å². The van der Waals surface area contributed by atoms with Crippen molar-refractivity contribution in [2.45, 2.75) is 0 Å².